The Morgan fingerprint density at radius 2 is 1.85 bits per heavy atom. The second-order valence-electron chi connectivity index (χ2n) is 2.31. The summed E-state index contributed by atoms with van der Waals surface area (Å²) in [4.78, 5) is 0. The molecule has 0 amide bonds. The van der Waals surface area contributed by atoms with Gasteiger partial charge >= 0.3 is 0 Å². The fourth-order valence-electron chi connectivity index (χ4n) is 0.868. The summed E-state index contributed by atoms with van der Waals surface area (Å²) in [5, 5.41) is 0. The summed E-state index contributed by atoms with van der Waals surface area (Å²) >= 11 is 3.85. The Kier molecular flexibility index (Phi) is 4.14. The number of rotatable bonds is 2. The predicted octanol–water partition coefficient (Wildman–Crippen LogP) is 3.84. The molecule has 1 aromatic carbocycles. The molecular formula is C8H6F2I2O. The van der Waals surface area contributed by atoms with Crippen molar-refractivity contribution in [3.8, 4) is 5.75 Å². The zero-order chi connectivity index (χ0) is 10.0. The lowest BCUT2D eigenvalue weighted by Gasteiger charge is -2.08. The van der Waals surface area contributed by atoms with E-state index in [9.17, 15) is 8.78 Å². The van der Waals surface area contributed by atoms with Gasteiger partial charge in [-0.15, -0.1) is 0 Å². The maximum atomic E-state index is 12.4. The van der Waals surface area contributed by atoms with E-state index in [2.05, 4.69) is 0 Å². The maximum Gasteiger partial charge on any atom is 0.264 e. The minimum absolute atomic E-state index is 0.0609. The Morgan fingerprint density at radius 3 is 2.31 bits per heavy atom. The van der Waals surface area contributed by atoms with Crippen LogP contribution in [0.25, 0.3) is 0 Å². The summed E-state index contributed by atoms with van der Waals surface area (Å²) in [6.45, 7) is 0. The molecule has 0 aliphatic heterocycles. The second-order valence-corrected chi connectivity index (χ2v) is 4.63. The monoisotopic (exact) mass is 410 g/mol. The van der Waals surface area contributed by atoms with Crippen molar-refractivity contribution in [1.29, 1.82) is 0 Å². The molecule has 0 aliphatic carbocycles. The third-order valence-corrected chi connectivity index (χ3v) is 3.28. The van der Waals surface area contributed by atoms with Gasteiger partial charge in [0, 0.05) is 9.13 Å². The quantitative estimate of drug-likeness (QED) is 0.674. The fourth-order valence-corrected chi connectivity index (χ4v) is 2.25. The Morgan fingerprint density at radius 1 is 1.23 bits per heavy atom. The van der Waals surface area contributed by atoms with Gasteiger partial charge in [0.1, 0.15) is 5.75 Å². The second kappa shape index (κ2) is 4.72. The molecule has 0 saturated carbocycles. The fraction of sp³-hybridized carbons (Fsp3) is 0.250. The molecule has 0 N–H and O–H groups in total. The molecule has 0 aliphatic rings. The van der Waals surface area contributed by atoms with Crippen molar-refractivity contribution < 1.29 is 13.5 Å². The van der Waals surface area contributed by atoms with E-state index in [1.807, 2.05) is 45.2 Å². The van der Waals surface area contributed by atoms with Crippen molar-refractivity contribution in [3.05, 3.63) is 24.8 Å². The Labute approximate surface area is 102 Å². The number of hydrogen-bond donors (Lipinski definition) is 0. The third-order valence-electron chi connectivity index (χ3n) is 1.51. The number of halogens is 4. The van der Waals surface area contributed by atoms with Gasteiger partial charge in [-0.1, -0.05) is 0 Å². The summed E-state index contributed by atoms with van der Waals surface area (Å²) in [5.41, 5.74) is 0.0609. The van der Waals surface area contributed by atoms with E-state index >= 15 is 0 Å². The number of alkyl halides is 2. The van der Waals surface area contributed by atoms with Gasteiger partial charge in [-0.25, -0.2) is 8.78 Å². The van der Waals surface area contributed by atoms with Crippen molar-refractivity contribution in [2.24, 2.45) is 0 Å². The van der Waals surface area contributed by atoms with E-state index in [0.29, 0.717) is 12.9 Å². The smallest absolute Gasteiger partial charge is 0.264 e. The van der Waals surface area contributed by atoms with Gasteiger partial charge < -0.3 is 4.74 Å². The first-order valence-corrected chi connectivity index (χ1v) is 5.53. The molecule has 5 heteroatoms. The minimum atomic E-state index is -2.42. The van der Waals surface area contributed by atoms with E-state index in [-0.39, 0.29) is 5.56 Å². The summed E-state index contributed by atoms with van der Waals surface area (Å²) in [6, 6.07) is 3.07. The molecule has 0 heterocycles. The first-order valence-electron chi connectivity index (χ1n) is 3.37. The highest BCUT2D eigenvalue weighted by Crippen LogP contribution is 2.31. The highest BCUT2D eigenvalue weighted by atomic mass is 127. The van der Waals surface area contributed by atoms with Crippen molar-refractivity contribution in [2.45, 2.75) is 6.43 Å². The molecule has 1 aromatic rings. The number of hydrogen-bond acceptors (Lipinski definition) is 1. The van der Waals surface area contributed by atoms with E-state index in [4.69, 9.17) is 4.74 Å². The van der Waals surface area contributed by atoms with Crippen LogP contribution in [0.15, 0.2) is 12.1 Å². The van der Waals surface area contributed by atoms with Crippen molar-refractivity contribution in [1.82, 2.24) is 0 Å². The van der Waals surface area contributed by atoms with Crippen LogP contribution in [-0.4, -0.2) is 7.11 Å². The van der Waals surface area contributed by atoms with Crippen LogP contribution < -0.4 is 4.74 Å². The first kappa shape index (κ1) is 11.4. The first-order chi connectivity index (χ1) is 6.06. The average molecular weight is 410 g/mol. The highest BCUT2D eigenvalue weighted by molar-refractivity contribution is 14.1. The van der Waals surface area contributed by atoms with Gasteiger partial charge in [-0.2, -0.15) is 0 Å². The van der Waals surface area contributed by atoms with Crippen LogP contribution >= 0.6 is 45.2 Å². The molecule has 13 heavy (non-hydrogen) atoms. The van der Waals surface area contributed by atoms with Crippen LogP contribution in [-0.2, 0) is 0 Å². The number of ether oxygens (including phenoxy) is 1. The molecule has 72 valence electrons. The predicted molar refractivity (Wildman–Crippen MR) is 63.4 cm³/mol. The van der Waals surface area contributed by atoms with Crippen molar-refractivity contribution >= 4 is 45.2 Å². The van der Waals surface area contributed by atoms with Crippen LogP contribution in [0.4, 0.5) is 8.78 Å². The normalized spacial score (nSPS) is 10.6. The lowest BCUT2D eigenvalue weighted by molar-refractivity contribution is 0.150. The largest absolute Gasteiger partial charge is 0.496 e. The van der Waals surface area contributed by atoms with Gasteiger partial charge in [0.05, 0.1) is 10.7 Å². The van der Waals surface area contributed by atoms with Crippen LogP contribution in [0.5, 0.6) is 5.75 Å². The molecule has 0 spiro atoms. The van der Waals surface area contributed by atoms with Gasteiger partial charge in [-0.05, 0) is 57.3 Å². The van der Waals surface area contributed by atoms with E-state index in [1.165, 1.54) is 13.2 Å². The van der Waals surface area contributed by atoms with Gasteiger partial charge in [-0.3, -0.25) is 0 Å². The van der Waals surface area contributed by atoms with Gasteiger partial charge in [0.2, 0.25) is 0 Å². The molecule has 1 nitrogen and oxygen atoms in total. The highest BCUT2D eigenvalue weighted by Gasteiger charge is 2.14. The van der Waals surface area contributed by atoms with E-state index in [1.54, 1.807) is 6.07 Å². The number of benzene rings is 1. The standard InChI is InChI=1S/C8H6F2I2O/c1-13-7-3-5(11)4(8(9)10)2-6(7)12/h2-3,8H,1H3. The molecule has 0 unspecified atom stereocenters. The summed E-state index contributed by atoms with van der Waals surface area (Å²) < 4.78 is 31.0. The molecule has 0 atom stereocenters. The molecule has 0 radical (unpaired) electrons. The van der Waals surface area contributed by atoms with Gasteiger partial charge in [0.15, 0.2) is 0 Å². The lowest BCUT2D eigenvalue weighted by Crippen LogP contribution is -1.94. The van der Waals surface area contributed by atoms with Gasteiger partial charge in [0.25, 0.3) is 6.43 Å². The molecule has 1 rings (SSSR count). The third kappa shape index (κ3) is 2.64. The summed E-state index contributed by atoms with van der Waals surface area (Å²) in [6.07, 6.45) is -2.42. The van der Waals surface area contributed by atoms with E-state index < -0.39 is 6.43 Å². The number of methoxy groups -OCH3 is 1. The lowest BCUT2D eigenvalue weighted by atomic mass is 10.2. The van der Waals surface area contributed by atoms with E-state index in [0.717, 1.165) is 0 Å². The molecule has 0 bridgehead atoms. The van der Waals surface area contributed by atoms with Crippen LogP contribution in [0.3, 0.4) is 0 Å². The van der Waals surface area contributed by atoms with Crippen LogP contribution in [0.1, 0.15) is 12.0 Å². The molecular weight excluding hydrogens is 404 g/mol. The van der Waals surface area contributed by atoms with Crippen molar-refractivity contribution in [2.75, 3.05) is 7.11 Å². The summed E-state index contributed by atoms with van der Waals surface area (Å²) in [5.74, 6) is 0.634. The Bertz CT molecular complexity index is 315. The zero-order valence-electron chi connectivity index (χ0n) is 6.65. The summed E-state index contributed by atoms with van der Waals surface area (Å²) in [7, 11) is 1.52. The van der Waals surface area contributed by atoms with Crippen LogP contribution in [0.2, 0.25) is 0 Å². The zero-order valence-corrected chi connectivity index (χ0v) is 11.0. The molecule has 0 saturated heterocycles. The SMILES string of the molecule is COc1cc(I)c(C(F)F)cc1I. The van der Waals surface area contributed by atoms with Crippen molar-refractivity contribution in [3.63, 3.8) is 0 Å². The Balaban J connectivity index is 3.20. The van der Waals surface area contributed by atoms with Crippen LogP contribution in [0, 0.1) is 7.14 Å². The topological polar surface area (TPSA) is 9.23 Å². The Hall–Kier alpha value is 0.340. The molecule has 0 fully saturated rings. The average Bonchev–Trinajstić information content (AvgIpc) is 2.07. The molecule has 0 aromatic heterocycles. The minimum Gasteiger partial charge on any atom is -0.496 e. The maximum absolute atomic E-state index is 12.4.